The first-order chi connectivity index (χ1) is 12.8. The number of halogens is 1. The number of carbonyl (C=O) groups is 2. The molecule has 9 heteroatoms. The van der Waals surface area contributed by atoms with Crippen molar-refractivity contribution in [3.63, 3.8) is 0 Å². The van der Waals surface area contributed by atoms with E-state index in [-0.39, 0.29) is 28.6 Å². The van der Waals surface area contributed by atoms with Crippen LogP contribution in [0.1, 0.15) is 23.7 Å². The summed E-state index contributed by atoms with van der Waals surface area (Å²) in [6.07, 6.45) is 0.787. The Morgan fingerprint density at radius 1 is 1.00 bits per heavy atom. The molecule has 7 nitrogen and oxygen atoms in total. The lowest BCUT2D eigenvalue weighted by Crippen LogP contribution is -2.37. The van der Waals surface area contributed by atoms with Crippen LogP contribution >= 0.6 is 11.6 Å². The van der Waals surface area contributed by atoms with E-state index >= 15 is 0 Å². The van der Waals surface area contributed by atoms with E-state index in [1.807, 2.05) is 6.92 Å². The molecular formula is C18H20ClN3O4S. The fraction of sp³-hybridized carbons (Fsp3) is 0.222. The van der Waals surface area contributed by atoms with Gasteiger partial charge in [0.1, 0.15) is 0 Å². The minimum absolute atomic E-state index is 0.0149. The number of carbonyl (C=O) groups excluding carboxylic acids is 2. The number of hydrogen-bond acceptors (Lipinski definition) is 4. The number of anilines is 1. The van der Waals surface area contributed by atoms with E-state index in [0.29, 0.717) is 11.6 Å². The second-order valence-corrected chi connectivity index (χ2v) is 7.76. The van der Waals surface area contributed by atoms with Crippen LogP contribution in [0, 0.1) is 0 Å². The van der Waals surface area contributed by atoms with Crippen LogP contribution in [0.2, 0.25) is 5.02 Å². The molecule has 144 valence electrons. The monoisotopic (exact) mass is 409 g/mol. The van der Waals surface area contributed by atoms with Gasteiger partial charge in [-0.2, -0.15) is 0 Å². The Hall–Kier alpha value is -2.58. The van der Waals surface area contributed by atoms with Gasteiger partial charge in [-0.15, -0.1) is 0 Å². The molecule has 0 aliphatic carbocycles. The number of benzene rings is 2. The SMILES string of the molecule is CCCNC(=O)CNC(=O)c1ccccc1NS(=O)(=O)c1ccc(Cl)cc1. The molecule has 0 saturated heterocycles. The second kappa shape index (κ2) is 9.38. The minimum atomic E-state index is -3.90. The number of rotatable bonds is 8. The number of hydrogen-bond donors (Lipinski definition) is 3. The third-order valence-corrected chi connectivity index (χ3v) is 5.16. The molecule has 0 aromatic heterocycles. The summed E-state index contributed by atoms with van der Waals surface area (Å²) < 4.78 is 27.4. The topological polar surface area (TPSA) is 104 Å². The summed E-state index contributed by atoms with van der Waals surface area (Å²) >= 11 is 5.78. The first kappa shape index (κ1) is 20.7. The Labute approximate surface area is 163 Å². The van der Waals surface area contributed by atoms with E-state index < -0.39 is 15.9 Å². The number of amides is 2. The van der Waals surface area contributed by atoms with Gasteiger partial charge in [0, 0.05) is 11.6 Å². The van der Waals surface area contributed by atoms with Gasteiger partial charge in [-0.1, -0.05) is 30.7 Å². The molecule has 0 radical (unpaired) electrons. The Bertz CT molecular complexity index is 914. The maximum Gasteiger partial charge on any atom is 0.261 e. The second-order valence-electron chi connectivity index (χ2n) is 5.64. The zero-order valence-electron chi connectivity index (χ0n) is 14.7. The maximum atomic E-state index is 12.5. The fourth-order valence-corrected chi connectivity index (χ4v) is 3.38. The van der Waals surface area contributed by atoms with Crippen LogP contribution < -0.4 is 15.4 Å². The summed E-state index contributed by atoms with van der Waals surface area (Å²) in [6.45, 7) is 2.24. The van der Waals surface area contributed by atoms with Crippen LogP contribution in [0.5, 0.6) is 0 Å². The molecule has 3 N–H and O–H groups in total. The van der Waals surface area contributed by atoms with Gasteiger partial charge in [-0.25, -0.2) is 8.42 Å². The van der Waals surface area contributed by atoms with Crippen molar-refractivity contribution in [2.75, 3.05) is 17.8 Å². The molecule has 0 unspecified atom stereocenters. The Balaban J connectivity index is 2.14. The van der Waals surface area contributed by atoms with Crippen LogP contribution in [0.25, 0.3) is 0 Å². The van der Waals surface area contributed by atoms with Gasteiger partial charge in [0.2, 0.25) is 5.91 Å². The molecule has 0 aliphatic heterocycles. The molecule has 2 aromatic carbocycles. The standard InChI is InChI=1S/C18H20ClN3O4S/c1-2-11-20-17(23)12-21-18(24)15-5-3-4-6-16(15)22-27(25,26)14-9-7-13(19)8-10-14/h3-10,22H,2,11-12H2,1H3,(H,20,23)(H,21,24). The summed E-state index contributed by atoms with van der Waals surface area (Å²) in [5, 5.41) is 5.53. The van der Waals surface area contributed by atoms with Crippen LogP contribution in [0.4, 0.5) is 5.69 Å². The van der Waals surface area contributed by atoms with E-state index in [4.69, 9.17) is 11.6 Å². The molecule has 27 heavy (non-hydrogen) atoms. The molecule has 0 heterocycles. The normalized spacial score (nSPS) is 10.9. The van der Waals surface area contributed by atoms with Gasteiger partial charge in [-0.3, -0.25) is 14.3 Å². The molecule has 2 amide bonds. The lowest BCUT2D eigenvalue weighted by Gasteiger charge is -2.13. The van der Waals surface area contributed by atoms with Gasteiger partial charge in [-0.05, 0) is 42.8 Å². The van der Waals surface area contributed by atoms with Gasteiger partial charge in [0.15, 0.2) is 0 Å². The molecular weight excluding hydrogens is 390 g/mol. The molecule has 0 bridgehead atoms. The molecule has 0 fully saturated rings. The molecule has 0 saturated carbocycles. The molecule has 0 atom stereocenters. The Morgan fingerprint density at radius 3 is 2.33 bits per heavy atom. The van der Waals surface area contributed by atoms with Crippen LogP contribution in [-0.2, 0) is 14.8 Å². The first-order valence-electron chi connectivity index (χ1n) is 8.26. The van der Waals surface area contributed by atoms with Crippen LogP contribution in [0.15, 0.2) is 53.4 Å². The van der Waals surface area contributed by atoms with Crippen molar-refractivity contribution >= 4 is 39.1 Å². The van der Waals surface area contributed by atoms with E-state index in [2.05, 4.69) is 15.4 Å². The summed E-state index contributed by atoms with van der Waals surface area (Å²) in [6, 6.07) is 11.8. The highest BCUT2D eigenvalue weighted by molar-refractivity contribution is 7.92. The predicted molar refractivity (Wildman–Crippen MR) is 104 cm³/mol. The lowest BCUT2D eigenvalue weighted by molar-refractivity contribution is -0.120. The van der Waals surface area contributed by atoms with Gasteiger partial charge < -0.3 is 10.6 Å². The van der Waals surface area contributed by atoms with Crippen molar-refractivity contribution in [2.45, 2.75) is 18.2 Å². The predicted octanol–water partition coefficient (Wildman–Crippen LogP) is 2.40. The van der Waals surface area contributed by atoms with Crippen molar-refractivity contribution in [1.29, 1.82) is 0 Å². The summed E-state index contributed by atoms with van der Waals surface area (Å²) in [4.78, 5) is 24.0. The summed E-state index contributed by atoms with van der Waals surface area (Å²) in [7, 11) is -3.90. The zero-order valence-corrected chi connectivity index (χ0v) is 16.2. The summed E-state index contributed by atoms with van der Waals surface area (Å²) in [5.74, 6) is -0.875. The van der Waals surface area contributed by atoms with E-state index in [1.54, 1.807) is 12.1 Å². The van der Waals surface area contributed by atoms with Crippen molar-refractivity contribution in [1.82, 2.24) is 10.6 Å². The van der Waals surface area contributed by atoms with Crippen molar-refractivity contribution in [2.24, 2.45) is 0 Å². The fourth-order valence-electron chi connectivity index (χ4n) is 2.17. The Kier molecular flexibility index (Phi) is 7.20. The number of nitrogens with one attached hydrogen (secondary N) is 3. The summed E-state index contributed by atoms with van der Waals surface area (Å²) in [5.41, 5.74) is 0.220. The highest BCUT2D eigenvalue weighted by Crippen LogP contribution is 2.21. The molecule has 2 aromatic rings. The van der Waals surface area contributed by atoms with Gasteiger partial charge in [0.25, 0.3) is 15.9 Å². The first-order valence-corrected chi connectivity index (χ1v) is 10.1. The maximum absolute atomic E-state index is 12.5. The average molecular weight is 410 g/mol. The van der Waals surface area contributed by atoms with Gasteiger partial charge >= 0.3 is 0 Å². The largest absolute Gasteiger partial charge is 0.355 e. The number of para-hydroxylation sites is 1. The molecule has 2 rings (SSSR count). The molecule has 0 spiro atoms. The van der Waals surface area contributed by atoms with Crippen molar-refractivity contribution in [3.8, 4) is 0 Å². The van der Waals surface area contributed by atoms with Crippen molar-refractivity contribution < 1.29 is 18.0 Å². The lowest BCUT2D eigenvalue weighted by atomic mass is 10.1. The van der Waals surface area contributed by atoms with Crippen LogP contribution in [0.3, 0.4) is 0 Å². The smallest absolute Gasteiger partial charge is 0.261 e. The average Bonchev–Trinajstić information content (AvgIpc) is 2.65. The van der Waals surface area contributed by atoms with Crippen molar-refractivity contribution in [3.05, 3.63) is 59.1 Å². The van der Waals surface area contributed by atoms with Crippen LogP contribution in [-0.4, -0.2) is 33.3 Å². The quantitative estimate of drug-likeness (QED) is 0.622. The zero-order chi connectivity index (χ0) is 19.9. The third kappa shape index (κ3) is 5.97. The van der Waals surface area contributed by atoms with E-state index in [9.17, 15) is 18.0 Å². The highest BCUT2D eigenvalue weighted by atomic mass is 35.5. The van der Waals surface area contributed by atoms with E-state index in [1.165, 1.54) is 36.4 Å². The van der Waals surface area contributed by atoms with E-state index in [0.717, 1.165) is 6.42 Å². The molecule has 0 aliphatic rings. The Morgan fingerprint density at radius 2 is 1.67 bits per heavy atom. The highest BCUT2D eigenvalue weighted by Gasteiger charge is 2.18. The number of sulfonamides is 1. The third-order valence-electron chi connectivity index (χ3n) is 3.52. The minimum Gasteiger partial charge on any atom is -0.355 e. The van der Waals surface area contributed by atoms with Gasteiger partial charge in [0.05, 0.1) is 22.7 Å².